The minimum absolute atomic E-state index is 0.159. The molecule has 3 aliphatic heterocycles. The first-order chi connectivity index (χ1) is 14.4. The van der Waals surface area contributed by atoms with E-state index in [0.717, 1.165) is 32.5 Å². The van der Waals surface area contributed by atoms with Gasteiger partial charge in [-0.25, -0.2) is 4.79 Å². The number of benzene rings is 2. The van der Waals surface area contributed by atoms with Crippen LogP contribution >= 0.6 is 0 Å². The van der Waals surface area contributed by atoms with Crippen LogP contribution in [0.4, 0.5) is 18.9 Å². The van der Waals surface area contributed by atoms with E-state index in [2.05, 4.69) is 15.0 Å². The first kappa shape index (κ1) is 20.5. The van der Waals surface area contributed by atoms with Crippen molar-refractivity contribution >= 4 is 11.7 Å². The molecule has 1 N–H and O–H groups in total. The van der Waals surface area contributed by atoms with E-state index in [-0.39, 0.29) is 11.9 Å². The predicted octanol–water partition coefficient (Wildman–Crippen LogP) is 4.38. The van der Waals surface area contributed by atoms with Crippen molar-refractivity contribution in [3.63, 3.8) is 0 Å². The fourth-order valence-corrected chi connectivity index (χ4v) is 4.14. The lowest BCUT2D eigenvalue weighted by Gasteiger charge is -2.44. The molecule has 0 saturated carbocycles. The molecular formula is C22H23F3N2O3. The van der Waals surface area contributed by atoms with Gasteiger partial charge < -0.3 is 14.8 Å². The number of hydrogen-bond acceptors (Lipinski definition) is 5. The number of carbonyl (C=O) groups is 1. The number of ether oxygens (including phenoxy) is 2. The number of nitrogens with one attached hydrogen (secondary N) is 1. The number of rotatable bonds is 6. The van der Waals surface area contributed by atoms with Crippen LogP contribution in [0, 0.1) is 5.92 Å². The maximum Gasteiger partial charge on any atom is 0.573 e. The topological polar surface area (TPSA) is 50.8 Å². The highest BCUT2D eigenvalue weighted by molar-refractivity contribution is 5.81. The van der Waals surface area contributed by atoms with Gasteiger partial charge in [-0.3, -0.25) is 4.90 Å². The third kappa shape index (κ3) is 5.05. The first-order valence-corrected chi connectivity index (χ1v) is 9.97. The zero-order valence-corrected chi connectivity index (χ0v) is 16.3. The molecule has 2 atom stereocenters. The summed E-state index contributed by atoms with van der Waals surface area (Å²) < 4.78 is 47.5. The van der Waals surface area contributed by atoms with Crippen LogP contribution in [0.25, 0.3) is 0 Å². The maximum atomic E-state index is 13.1. The number of anilines is 1. The van der Waals surface area contributed by atoms with Crippen LogP contribution in [0.15, 0.2) is 54.6 Å². The summed E-state index contributed by atoms with van der Waals surface area (Å²) >= 11 is 0. The lowest BCUT2D eigenvalue weighted by molar-refractivity contribution is -0.274. The molecule has 1 unspecified atom stereocenters. The Labute approximate surface area is 172 Å². The van der Waals surface area contributed by atoms with Crippen molar-refractivity contribution in [3.05, 3.63) is 60.2 Å². The summed E-state index contributed by atoms with van der Waals surface area (Å²) in [6, 6.07) is 13.6. The molecule has 3 heterocycles. The molecule has 3 saturated heterocycles. The number of esters is 1. The number of halogens is 3. The monoisotopic (exact) mass is 420 g/mol. The quantitative estimate of drug-likeness (QED) is 0.703. The smallest absolute Gasteiger partial charge is 0.459 e. The largest absolute Gasteiger partial charge is 0.573 e. The molecular weight excluding hydrogens is 397 g/mol. The van der Waals surface area contributed by atoms with Crippen molar-refractivity contribution in [2.24, 2.45) is 5.92 Å². The summed E-state index contributed by atoms with van der Waals surface area (Å²) in [5.41, 5.74) is 1.00. The van der Waals surface area contributed by atoms with Gasteiger partial charge in [0.25, 0.3) is 0 Å². The molecule has 0 aromatic heterocycles. The molecule has 2 bridgehead atoms. The number of carbonyl (C=O) groups excluding carboxylic acids is 1. The second-order valence-electron chi connectivity index (χ2n) is 7.68. The average Bonchev–Trinajstić information content (AvgIpc) is 2.72. The Morgan fingerprint density at radius 1 is 1.07 bits per heavy atom. The zero-order chi connectivity index (χ0) is 21.1. The van der Waals surface area contributed by atoms with Gasteiger partial charge in [-0.1, -0.05) is 36.4 Å². The van der Waals surface area contributed by atoms with Crippen molar-refractivity contribution in [1.82, 2.24) is 4.90 Å². The van der Waals surface area contributed by atoms with Gasteiger partial charge >= 0.3 is 12.3 Å². The molecule has 2 aromatic carbocycles. The van der Waals surface area contributed by atoms with Crippen molar-refractivity contribution < 1.29 is 27.4 Å². The predicted molar refractivity (Wildman–Crippen MR) is 105 cm³/mol. The number of nitrogens with zero attached hydrogens (tertiary/aromatic N) is 1. The second-order valence-corrected chi connectivity index (χ2v) is 7.68. The van der Waals surface area contributed by atoms with Gasteiger partial charge in [-0.2, -0.15) is 0 Å². The molecule has 0 aliphatic carbocycles. The van der Waals surface area contributed by atoms with Gasteiger partial charge in [0.15, 0.2) is 6.04 Å². The number of fused-ring (bicyclic) bond motifs is 3. The molecule has 0 spiro atoms. The van der Waals surface area contributed by atoms with E-state index in [0.29, 0.717) is 17.2 Å². The molecule has 2 aromatic rings. The van der Waals surface area contributed by atoms with Crippen LogP contribution in [0.3, 0.4) is 0 Å². The SMILES string of the molecule is O=C(OC1CN2CCC1CC2)[C@H](Nc1cccc(OC(F)(F)F)c1)c1ccccc1. The Morgan fingerprint density at radius 3 is 2.43 bits per heavy atom. The lowest BCUT2D eigenvalue weighted by atomic mass is 9.86. The maximum absolute atomic E-state index is 13.1. The van der Waals surface area contributed by atoms with Crippen molar-refractivity contribution in [3.8, 4) is 5.75 Å². The van der Waals surface area contributed by atoms with Gasteiger partial charge in [-0.15, -0.1) is 13.2 Å². The van der Waals surface area contributed by atoms with Gasteiger partial charge in [0.2, 0.25) is 0 Å². The Kier molecular flexibility index (Phi) is 5.85. The number of alkyl halides is 3. The minimum atomic E-state index is -4.79. The van der Waals surface area contributed by atoms with Crippen LogP contribution in [0.1, 0.15) is 24.4 Å². The molecule has 5 nitrogen and oxygen atoms in total. The molecule has 8 heteroatoms. The molecule has 5 rings (SSSR count). The first-order valence-electron chi connectivity index (χ1n) is 9.97. The summed E-state index contributed by atoms with van der Waals surface area (Å²) in [6.45, 7) is 2.79. The van der Waals surface area contributed by atoms with Crippen LogP contribution in [-0.2, 0) is 9.53 Å². The fraction of sp³-hybridized carbons (Fsp3) is 0.409. The van der Waals surface area contributed by atoms with Crippen molar-refractivity contribution in [1.29, 1.82) is 0 Å². The minimum Gasteiger partial charge on any atom is -0.459 e. The second kappa shape index (κ2) is 8.55. The highest BCUT2D eigenvalue weighted by Gasteiger charge is 2.38. The molecule has 3 aliphatic rings. The fourth-order valence-electron chi connectivity index (χ4n) is 4.14. The summed E-state index contributed by atoms with van der Waals surface area (Å²) in [5, 5.41) is 3.02. The van der Waals surface area contributed by atoms with Crippen LogP contribution < -0.4 is 10.1 Å². The van der Waals surface area contributed by atoms with E-state index in [1.165, 1.54) is 18.2 Å². The zero-order valence-electron chi connectivity index (χ0n) is 16.3. The highest BCUT2D eigenvalue weighted by atomic mass is 19.4. The van der Waals surface area contributed by atoms with E-state index in [4.69, 9.17) is 4.74 Å². The van der Waals surface area contributed by atoms with E-state index in [9.17, 15) is 18.0 Å². The summed E-state index contributed by atoms with van der Waals surface area (Å²) in [6.07, 6.45) is -2.92. The molecule has 0 radical (unpaired) electrons. The van der Waals surface area contributed by atoms with Crippen LogP contribution in [0.2, 0.25) is 0 Å². The normalized spacial score (nSPS) is 24.2. The van der Waals surface area contributed by atoms with Crippen LogP contribution in [-0.4, -0.2) is 43.0 Å². The third-order valence-electron chi connectivity index (χ3n) is 5.61. The summed E-state index contributed by atoms with van der Waals surface area (Å²) in [5.74, 6) is -0.439. The van der Waals surface area contributed by atoms with E-state index in [1.807, 2.05) is 6.07 Å². The number of piperidine rings is 3. The Balaban J connectivity index is 1.52. The van der Waals surface area contributed by atoms with Gasteiger partial charge in [0.05, 0.1) is 0 Å². The molecule has 0 amide bonds. The lowest BCUT2D eigenvalue weighted by Crippen LogP contribution is -2.52. The Hall–Kier alpha value is -2.74. The Morgan fingerprint density at radius 2 is 1.80 bits per heavy atom. The van der Waals surface area contributed by atoms with Crippen molar-refractivity contribution in [2.75, 3.05) is 25.0 Å². The van der Waals surface area contributed by atoms with E-state index < -0.39 is 18.4 Å². The van der Waals surface area contributed by atoms with Crippen molar-refractivity contribution in [2.45, 2.75) is 31.3 Å². The standard InChI is InChI=1S/C22H23F3N2O3/c23-22(24,25)30-18-8-4-7-17(13-18)26-20(16-5-2-1-3-6-16)21(28)29-19-14-27-11-9-15(19)10-12-27/h1-8,13,15,19-20,26H,9-12,14H2/t19?,20-/m1/s1. The number of hydrogen-bond donors (Lipinski definition) is 1. The van der Waals surface area contributed by atoms with Gasteiger partial charge in [0, 0.05) is 18.3 Å². The molecule has 30 heavy (non-hydrogen) atoms. The van der Waals surface area contributed by atoms with Gasteiger partial charge in [0.1, 0.15) is 11.9 Å². The summed E-state index contributed by atoms with van der Waals surface area (Å²) in [7, 11) is 0. The van der Waals surface area contributed by atoms with Gasteiger partial charge in [-0.05, 0) is 49.5 Å². The summed E-state index contributed by atoms with van der Waals surface area (Å²) in [4.78, 5) is 15.4. The third-order valence-corrected chi connectivity index (χ3v) is 5.61. The van der Waals surface area contributed by atoms with E-state index >= 15 is 0 Å². The van der Waals surface area contributed by atoms with E-state index in [1.54, 1.807) is 30.3 Å². The molecule has 3 fully saturated rings. The van der Waals surface area contributed by atoms with Crippen LogP contribution in [0.5, 0.6) is 5.75 Å². The molecule has 160 valence electrons. The average molecular weight is 420 g/mol. The Bertz CT molecular complexity index is 867. The highest BCUT2D eigenvalue weighted by Crippen LogP contribution is 2.32.